The number of carbonyl (C=O) groups excluding carboxylic acids is 1. The number of hydrogen-bond acceptors (Lipinski definition) is 3. The number of benzene rings is 3. The highest BCUT2D eigenvalue weighted by Gasteiger charge is 2.23. The molecule has 0 radical (unpaired) electrons. The standard InChI is InChI=1S/C33H41N3O2/c1-23-20-24(2)22-26(21-23)31-29(28-11-6-7-12-30(28)35-31)17-19-36(32(37)38-33(3,4)5)18-9-8-10-25-13-15-27(34)16-14-25/h6-7,11-16,20-22,35H,8-10,17-19,34H2,1-5H3. The van der Waals surface area contributed by atoms with Gasteiger partial charge in [-0.05, 0) is 107 Å². The van der Waals surface area contributed by atoms with Crippen molar-refractivity contribution in [1.82, 2.24) is 9.88 Å². The molecule has 0 saturated carbocycles. The number of carbonyl (C=O) groups is 1. The van der Waals surface area contributed by atoms with Crippen molar-refractivity contribution >= 4 is 22.7 Å². The van der Waals surface area contributed by atoms with Gasteiger partial charge in [-0.3, -0.25) is 0 Å². The molecule has 0 bridgehead atoms. The fraction of sp³-hybridized carbons (Fsp3) is 0.364. The van der Waals surface area contributed by atoms with Gasteiger partial charge >= 0.3 is 6.09 Å². The predicted octanol–water partition coefficient (Wildman–Crippen LogP) is 7.84. The predicted molar refractivity (Wildman–Crippen MR) is 159 cm³/mol. The summed E-state index contributed by atoms with van der Waals surface area (Å²) in [4.78, 5) is 18.7. The van der Waals surface area contributed by atoms with E-state index in [-0.39, 0.29) is 6.09 Å². The van der Waals surface area contributed by atoms with E-state index in [4.69, 9.17) is 10.5 Å². The number of aryl methyl sites for hydroxylation is 3. The van der Waals surface area contributed by atoms with Gasteiger partial charge in [-0.15, -0.1) is 0 Å². The number of aromatic nitrogens is 1. The molecule has 0 fully saturated rings. The summed E-state index contributed by atoms with van der Waals surface area (Å²) in [5, 5.41) is 1.20. The molecule has 0 aliphatic heterocycles. The molecule has 4 rings (SSSR count). The van der Waals surface area contributed by atoms with Crippen molar-refractivity contribution in [2.24, 2.45) is 0 Å². The number of fused-ring (bicyclic) bond motifs is 1. The summed E-state index contributed by atoms with van der Waals surface area (Å²) in [7, 11) is 0. The van der Waals surface area contributed by atoms with Crippen LogP contribution in [0.4, 0.5) is 10.5 Å². The molecule has 0 unspecified atom stereocenters. The van der Waals surface area contributed by atoms with Crippen LogP contribution < -0.4 is 5.73 Å². The minimum absolute atomic E-state index is 0.252. The fourth-order valence-electron chi connectivity index (χ4n) is 5.01. The number of anilines is 1. The number of para-hydroxylation sites is 1. The lowest BCUT2D eigenvalue weighted by atomic mass is 9.99. The highest BCUT2D eigenvalue weighted by Crippen LogP contribution is 2.32. The largest absolute Gasteiger partial charge is 0.444 e. The number of amides is 1. The van der Waals surface area contributed by atoms with Crippen LogP contribution in [-0.2, 0) is 17.6 Å². The summed E-state index contributed by atoms with van der Waals surface area (Å²) in [6.45, 7) is 11.3. The first kappa shape index (κ1) is 27.3. The number of H-pyrrole nitrogens is 1. The molecule has 3 aromatic carbocycles. The summed E-state index contributed by atoms with van der Waals surface area (Å²) in [5.74, 6) is 0. The van der Waals surface area contributed by atoms with Crippen molar-refractivity contribution in [3.8, 4) is 11.3 Å². The lowest BCUT2D eigenvalue weighted by Crippen LogP contribution is -2.38. The molecule has 0 saturated heterocycles. The van der Waals surface area contributed by atoms with Gasteiger partial charge in [-0.2, -0.15) is 0 Å². The van der Waals surface area contributed by atoms with Gasteiger partial charge in [0.2, 0.25) is 0 Å². The monoisotopic (exact) mass is 511 g/mol. The Labute approximate surface area is 227 Å². The molecule has 0 aliphatic rings. The molecule has 5 nitrogen and oxygen atoms in total. The van der Waals surface area contributed by atoms with Gasteiger partial charge in [0.05, 0.1) is 0 Å². The maximum absolute atomic E-state index is 13.2. The molecule has 38 heavy (non-hydrogen) atoms. The number of nitrogens with one attached hydrogen (secondary N) is 1. The van der Waals surface area contributed by atoms with E-state index in [1.54, 1.807) is 0 Å². The Morgan fingerprint density at radius 2 is 1.58 bits per heavy atom. The number of nitrogens with two attached hydrogens (primary N) is 1. The van der Waals surface area contributed by atoms with Crippen LogP contribution in [0.25, 0.3) is 22.2 Å². The topological polar surface area (TPSA) is 71.3 Å². The lowest BCUT2D eigenvalue weighted by Gasteiger charge is -2.27. The summed E-state index contributed by atoms with van der Waals surface area (Å²) in [6.07, 6.45) is 3.34. The third-order valence-electron chi connectivity index (χ3n) is 6.73. The molecular weight excluding hydrogens is 470 g/mol. The molecule has 5 heteroatoms. The Kier molecular flexibility index (Phi) is 8.45. The Morgan fingerprint density at radius 3 is 2.26 bits per heavy atom. The van der Waals surface area contributed by atoms with Gasteiger partial charge in [0, 0.05) is 35.4 Å². The van der Waals surface area contributed by atoms with Crippen molar-refractivity contribution in [2.45, 2.75) is 65.9 Å². The average molecular weight is 512 g/mol. The van der Waals surface area contributed by atoms with Gasteiger partial charge in [-0.25, -0.2) is 4.79 Å². The van der Waals surface area contributed by atoms with E-state index in [1.807, 2.05) is 37.8 Å². The molecule has 3 N–H and O–H groups in total. The van der Waals surface area contributed by atoms with E-state index < -0.39 is 5.60 Å². The Hall–Kier alpha value is -3.73. The van der Waals surface area contributed by atoms with Crippen LogP contribution in [0, 0.1) is 13.8 Å². The summed E-state index contributed by atoms with van der Waals surface area (Å²) in [6, 6.07) is 23.1. The van der Waals surface area contributed by atoms with E-state index >= 15 is 0 Å². The van der Waals surface area contributed by atoms with E-state index in [0.29, 0.717) is 13.1 Å². The van der Waals surface area contributed by atoms with E-state index in [1.165, 1.54) is 33.2 Å². The second-order valence-electron chi connectivity index (χ2n) is 11.3. The van der Waals surface area contributed by atoms with Crippen LogP contribution in [0.15, 0.2) is 66.7 Å². The third-order valence-corrected chi connectivity index (χ3v) is 6.73. The quantitative estimate of drug-likeness (QED) is 0.178. The number of nitrogen functional groups attached to an aromatic ring is 1. The normalized spacial score (nSPS) is 11.6. The van der Waals surface area contributed by atoms with Crippen molar-refractivity contribution in [1.29, 1.82) is 0 Å². The average Bonchev–Trinajstić information content (AvgIpc) is 3.21. The van der Waals surface area contributed by atoms with Gasteiger partial charge in [0.15, 0.2) is 0 Å². The van der Waals surface area contributed by atoms with E-state index in [2.05, 4.69) is 73.4 Å². The first-order valence-electron chi connectivity index (χ1n) is 13.6. The summed E-state index contributed by atoms with van der Waals surface area (Å²) >= 11 is 0. The summed E-state index contributed by atoms with van der Waals surface area (Å²) < 4.78 is 5.80. The van der Waals surface area contributed by atoms with Gasteiger partial charge in [0.25, 0.3) is 0 Å². The number of unbranched alkanes of at least 4 members (excludes halogenated alkanes) is 1. The van der Waals surface area contributed by atoms with Crippen LogP contribution in [0.1, 0.15) is 55.9 Å². The Morgan fingerprint density at radius 1 is 0.895 bits per heavy atom. The van der Waals surface area contributed by atoms with Crippen molar-refractivity contribution in [3.05, 3.63) is 89.0 Å². The highest BCUT2D eigenvalue weighted by atomic mass is 16.6. The zero-order chi connectivity index (χ0) is 27.3. The maximum Gasteiger partial charge on any atom is 0.410 e. The molecule has 0 aliphatic carbocycles. The molecule has 1 amide bonds. The number of rotatable bonds is 9. The van der Waals surface area contributed by atoms with Crippen LogP contribution in [0.3, 0.4) is 0 Å². The van der Waals surface area contributed by atoms with Crippen LogP contribution in [0.2, 0.25) is 0 Å². The number of nitrogens with zero attached hydrogens (tertiary/aromatic N) is 1. The molecule has 0 spiro atoms. The van der Waals surface area contributed by atoms with Crippen LogP contribution >= 0.6 is 0 Å². The number of ether oxygens (including phenoxy) is 1. The number of hydrogen-bond donors (Lipinski definition) is 2. The van der Waals surface area contributed by atoms with Crippen molar-refractivity contribution < 1.29 is 9.53 Å². The van der Waals surface area contributed by atoms with Crippen molar-refractivity contribution in [2.75, 3.05) is 18.8 Å². The Balaban J connectivity index is 1.53. The Bertz CT molecular complexity index is 1360. The first-order valence-corrected chi connectivity index (χ1v) is 13.6. The highest BCUT2D eigenvalue weighted by molar-refractivity contribution is 5.91. The maximum atomic E-state index is 13.2. The molecule has 0 atom stereocenters. The van der Waals surface area contributed by atoms with Crippen molar-refractivity contribution in [3.63, 3.8) is 0 Å². The SMILES string of the molecule is Cc1cc(C)cc(-c2[nH]c3ccccc3c2CCN(CCCCc2ccc(N)cc2)C(=O)OC(C)(C)C)c1. The van der Waals surface area contributed by atoms with Crippen LogP contribution in [0.5, 0.6) is 0 Å². The zero-order valence-electron chi connectivity index (χ0n) is 23.4. The lowest BCUT2D eigenvalue weighted by molar-refractivity contribution is 0.0249. The zero-order valence-corrected chi connectivity index (χ0v) is 23.4. The second-order valence-corrected chi connectivity index (χ2v) is 11.3. The molecule has 1 heterocycles. The minimum atomic E-state index is -0.537. The van der Waals surface area contributed by atoms with E-state index in [0.717, 1.165) is 42.6 Å². The fourth-order valence-corrected chi connectivity index (χ4v) is 5.01. The smallest absolute Gasteiger partial charge is 0.410 e. The summed E-state index contributed by atoms with van der Waals surface area (Å²) in [5.41, 5.74) is 14.5. The number of aromatic amines is 1. The van der Waals surface area contributed by atoms with E-state index in [9.17, 15) is 4.79 Å². The minimum Gasteiger partial charge on any atom is -0.444 e. The third kappa shape index (κ3) is 7.18. The first-order chi connectivity index (χ1) is 18.1. The van der Waals surface area contributed by atoms with Crippen LogP contribution in [-0.4, -0.2) is 34.7 Å². The van der Waals surface area contributed by atoms with Gasteiger partial charge < -0.3 is 20.4 Å². The van der Waals surface area contributed by atoms with Gasteiger partial charge in [-0.1, -0.05) is 47.5 Å². The molecule has 4 aromatic rings. The molecule has 1 aromatic heterocycles. The van der Waals surface area contributed by atoms with Gasteiger partial charge in [0.1, 0.15) is 5.60 Å². The molecular formula is C33H41N3O2. The second kappa shape index (κ2) is 11.8. The molecule has 200 valence electrons.